The molecule has 37 heavy (non-hydrogen) atoms. The fraction of sp³-hybridized carbons (Fsp3) is 0.346. The number of piperazine rings is 1. The molecule has 2 aromatic rings. The molecule has 2 heterocycles. The Morgan fingerprint density at radius 1 is 1.08 bits per heavy atom. The van der Waals surface area contributed by atoms with Gasteiger partial charge < -0.3 is 25.6 Å². The third-order valence-electron chi connectivity index (χ3n) is 6.26. The van der Waals surface area contributed by atoms with Gasteiger partial charge in [-0.3, -0.25) is 9.59 Å². The first-order chi connectivity index (χ1) is 17.6. The van der Waals surface area contributed by atoms with E-state index in [2.05, 4.69) is 15.0 Å². The Morgan fingerprint density at radius 3 is 2.30 bits per heavy atom. The molecule has 196 valence electrons. The number of para-hydroxylation sites is 1. The second-order valence-corrected chi connectivity index (χ2v) is 10.1. The van der Waals surface area contributed by atoms with Gasteiger partial charge in [0.15, 0.2) is 0 Å². The van der Waals surface area contributed by atoms with Gasteiger partial charge in [-0.25, -0.2) is 4.99 Å². The molecule has 2 aromatic carbocycles. The summed E-state index contributed by atoms with van der Waals surface area (Å²) in [5.74, 6) is -0.710. The summed E-state index contributed by atoms with van der Waals surface area (Å²) in [6.07, 6.45) is 0. The van der Waals surface area contributed by atoms with Crippen LogP contribution in [0, 0.1) is 13.8 Å². The van der Waals surface area contributed by atoms with Gasteiger partial charge in [0.2, 0.25) is 5.91 Å². The van der Waals surface area contributed by atoms with E-state index in [1.807, 2.05) is 39.1 Å². The van der Waals surface area contributed by atoms with Gasteiger partial charge in [0.25, 0.3) is 5.91 Å². The van der Waals surface area contributed by atoms with Crippen molar-refractivity contribution >= 4 is 40.0 Å². The van der Waals surface area contributed by atoms with Gasteiger partial charge in [-0.1, -0.05) is 30.0 Å². The van der Waals surface area contributed by atoms with E-state index in [9.17, 15) is 18.4 Å². The minimum Gasteiger partial charge on any atom is -0.435 e. The maximum absolute atomic E-state index is 13.6. The zero-order valence-corrected chi connectivity index (χ0v) is 21.6. The van der Waals surface area contributed by atoms with E-state index in [-0.39, 0.29) is 22.9 Å². The van der Waals surface area contributed by atoms with E-state index in [0.717, 1.165) is 41.7 Å². The number of alkyl halides is 2. The summed E-state index contributed by atoms with van der Waals surface area (Å²) in [7, 11) is 2.00. The lowest BCUT2D eigenvalue weighted by Crippen LogP contribution is -2.48. The molecule has 0 aliphatic carbocycles. The van der Waals surface area contributed by atoms with Crippen molar-refractivity contribution in [2.24, 2.45) is 10.7 Å². The number of amides is 2. The molecule has 8 nitrogen and oxygen atoms in total. The van der Waals surface area contributed by atoms with Gasteiger partial charge in [0.1, 0.15) is 16.0 Å². The molecule has 2 amide bonds. The number of hydrogen-bond donors (Lipinski definition) is 2. The van der Waals surface area contributed by atoms with E-state index in [0.29, 0.717) is 23.8 Å². The molecule has 0 saturated carbocycles. The van der Waals surface area contributed by atoms with Crippen LogP contribution < -0.4 is 15.8 Å². The number of nitrogens with zero attached hydrogens (tertiary/aromatic N) is 3. The lowest BCUT2D eigenvalue weighted by Gasteiger charge is -2.32. The molecule has 2 aliphatic rings. The second-order valence-electron chi connectivity index (χ2n) is 8.97. The number of ether oxygens (including phenoxy) is 1. The number of halogens is 2. The van der Waals surface area contributed by atoms with Crippen molar-refractivity contribution in [1.29, 1.82) is 0 Å². The first-order valence-corrected chi connectivity index (χ1v) is 12.7. The second kappa shape index (κ2) is 11.3. The number of likely N-dealkylation sites (N-methyl/N-ethyl adjacent to an activating group) is 1. The lowest BCUT2D eigenvalue weighted by atomic mass is 10.1. The van der Waals surface area contributed by atoms with Crippen LogP contribution in [-0.4, -0.2) is 71.7 Å². The minimum absolute atomic E-state index is 0.0225. The maximum Gasteiger partial charge on any atom is 0.387 e. The van der Waals surface area contributed by atoms with E-state index in [4.69, 9.17) is 10.7 Å². The van der Waals surface area contributed by atoms with E-state index < -0.39 is 17.8 Å². The molecule has 1 fully saturated rings. The summed E-state index contributed by atoms with van der Waals surface area (Å²) in [6.45, 7) is 3.52. The van der Waals surface area contributed by atoms with Gasteiger partial charge in [-0.15, -0.1) is 0 Å². The van der Waals surface area contributed by atoms with Gasteiger partial charge in [0.05, 0.1) is 11.3 Å². The lowest BCUT2D eigenvalue weighted by molar-refractivity contribution is -0.128. The number of hydrogen-bond acceptors (Lipinski definition) is 7. The Balaban J connectivity index is 1.63. The van der Waals surface area contributed by atoms with Gasteiger partial charge in [-0.2, -0.15) is 8.78 Å². The highest BCUT2D eigenvalue weighted by Crippen LogP contribution is 2.37. The molecule has 0 spiro atoms. The van der Waals surface area contributed by atoms with Crippen molar-refractivity contribution in [2.75, 3.05) is 38.5 Å². The van der Waals surface area contributed by atoms with Crippen LogP contribution in [0.5, 0.6) is 5.75 Å². The van der Waals surface area contributed by atoms with Crippen molar-refractivity contribution < 1.29 is 23.1 Å². The van der Waals surface area contributed by atoms with E-state index >= 15 is 0 Å². The molecule has 1 saturated heterocycles. The summed E-state index contributed by atoms with van der Waals surface area (Å²) in [5, 5.41) is 2.26. The highest BCUT2D eigenvalue weighted by atomic mass is 32.2. The third-order valence-corrected chi connectivity index (χ3v) is 7.48. The van der Waals surface area contributed by atoms with Crippen LogP contribution in [-0.2, 0) is 9.59 Å². The van der Waals surface area contributed by atoms with Crippen LogP contribution in [0.2, 0.25) is 0 Å². The van der Waals surface area contributed by atoms with Crippen molar-refractivity contribution in [3.05, 3.63) is 64.9 Å². The molecule has 0 radical (unpaired) electrons. The third kappa shape index (κ3) is 6.11. The van der Waals surface area contributed by atoms with Crippen molar-refractivity contribution in [2.45, 2.75) is 25.7 Å². The number of rotatable bonds is 6. The molecule has 0 aromatic heterocycles. The molecule has 1 atom stereocenters. The van der Waals surface area contributed by atoms with Crippen LogP contribution in [0.25, 0.3) is 0 Å². The quantitative estimate of drug-likeness (QED) is 0.592. The van der Waals surface area contributed by atoms with Gasteiger partial charge in [-0.05, 0) is 56.3 Å². The number of carbonyl (C=O) groups is 2. The number of nitrogens with two attached hydrogens (primary N) is 1. The Hall–Kier alpha value is -3.44. The van der Waals surface area contributed by atoms with E-state index in [1.165, 1.54) is 24.3 Å². The molecule has 4 rings (SSSR count). The topological polar surface area (TPSA) is 100 Å². The number of aliphatic imine (C=N–C) groups is 1. The summed E-state index contributed by atoms with van der Waals surface area (Å²) >= 11 is 1.13. The highest BCUT2D eigenvalue weighted by molar-refractivity contribution is 8.16. The number of benzene rings is 2. The van der Waals surface area contributed by atoms with Crippen molar-refractivity contribution in [1.82, 2.24) is 9.80 Å². The monoisotopic (exact) mass is 529 g/mol. The Kier molecular flexibility index (Phi) is 8.13. The van der Waals surface area contributed by atoms with Crippen LogP contribution in [0.1, 0.15) is 11.1 Å². The minimum atomic E-state index is -2.94. The maximum atomic E-state index is 13.6. The predicted octanol–water partition coefficient (Wildman–Crippen LogP) is 3.68. The van der Waals surface area contributed by atoms with Crippen LogP contribution in [0.15, 0.2) is 58.7 Å². The molecule has 0 unspecified atom stereocenters. The van der Waals surface area contributed by atoms with Crippen LogP contribution in [0.3, 0.4) is 0 Å². The van der Waals surface area contributed by atoms with Crippen LogP contribution >= 0.6 is 11.8 Å². The Labute approximate surface area is 218 Å². The summed E-state index contributed by atoms with van der Waals surface area (Å²) in [4.78, 5) is 35.5. The fourth-order valence-corrected chi connectivity index (χ4v) is 5.26. The Morgan fingerprint density at radius 2 is 1.70 bits per heavy atom. The zero-order chi connectivity index (χ0) is 26.7. The number of aryl methyl sites for hydroxylation is 2. The van der Waals surface area contributed by atoms with Crippen LogP contribution in [0.4, 0.5) is 20.2 Å². The molecular formula is C26H29F2N5O3S. The van der Waals surface area contributed by atoms with Crippen molar-refractivity contribution in [3.63, 3.8) is 0 Å². The Bertz CT molecular complexity index is 1220. The molecule has 3 N–H and O–H groups in total. The predicted molar refractivity (Wildman–Crippen MR) is 141 cm³/mol. The van der Waals surface area contributed by atoms with E-state index in [1.54, 1.807) is 4.90 Å². The number of thioether (sulfide) groups is 1. The number of carbonyl (C=O) groups excluding carboxylic acids is 2. The van der Waals surface area contributed by atoms with Gasteiger partial charge in [0, 0.05) is 37.6 Å². The molecule has 2 aliphatic heterocycles. The highest BCUT2D eigenvalue weighted by Gasteiger charge is 2.40. The SMILES string of the molecule is Cc1cccc(C)c1N=C1S[C@@H](C(=O)Nc2ccc(OC(F)F)cc2)C(N)=C1C(=O)N1CCN(C)CC1. The molecule has 0 bridgehead atoms. The number of nitrogens with one attached hydrogen (secondary N) is 1. The first-order valence-electron chi connectivity index (χ1n) is 11.8. The average Bonchev–Trinajstić information content (AvgIpc) is 3.18. The zero-order valence-electron chi connectivity index (χ0n) is 20.8. The molecular weight excluding hydrogens is 500 g/mol. The number of anilines is 1. The van der Waals surface area contributed by atoms with Gasteiger partial charge >= 0.3 is 6.61 Å². The summed E-state index contributed by atoms with van der Waals surface area (Å²) < 4.78 is 29.2. The summed E-state index contributed by atoms with van der Waals surface area (Å²) in [6, 6.07) is 11.4. The normalized spacial score (nSPS) is 19.6. The summed E-state index contributed by atoms with van der Waals surface area (Å²) in [5.41, 5.74) is 9.86. The smallest absolute Gasteiger partial charge is 0.387 e. The van der Waals surface area contributed by atoms with Crippen molar-refractivity contribution in [3.8, 4) is 5.75 Å². The largest absolute Gasteiger partial charge is 0.435 e. The first kappa shape index (κ1) is 26.6. The standard InChI is InChI=1S/C26H29F2N5O3S/c1-15-5-4-6-16(2)21(15)31-24-19(25(35)33-13-11-32(3)12-14-33)20(29)22(37-24)23(34)30-17-7-9-18(10-8-17)36-26(27)28/h4-10,22,26H,11-14,29H2,1-3H3,(H,30,34)/t22-/m1/s1. The fourth-order valence-electron chi connectivity index (χ4n) is 4.16. The molecule has 11 heteroatoms. The average molecular weight is 530 g/mol.